The topological polar surface area (TPSA) is 69.9 Å². The van der Waals surface area contributed by atoms with E-state index in [2.05, 4.69) is 10.1 Å². The number of hydrogen-bond donors (Lipinski definition) is 1. The molecule has 3 aromatic rings. The van der Waals surface area contributed by atoms with Crippen molar-refractivity contribution < 1.29 is 8.91 Å². The van der Waals surface area contributed by atoms with Gasteiger partial charge in [0.15, 0.2) is 5.82 Å². The molecular formula is C18H20ClFN4O. The van der Waals surface area contributed by atoms with Crippen molar-refractivity contribution in [2.24, 2.45) is 5.73 Å². The number of rotatable bonds is 3. The van der Waals surface area contributed by atoms with Crippen LogP contribution in [-0.4, -0.2) is 14.7 Å². The highest BCUT2D eigenvalue weighted by Crippen LogP contribution is 2.38. The SMILES string of the molecule is Cc1cc(-c2nc(C3(N)CCC3)no2)c(C)n1-c1ccc(F)cc1.Cl. The molecule has 1 fully saturated rings. The Morgan fingerprint density at radius 3 is 2.48 bits per heavy atom. The molecule has 132 valence electrons. The van der Waals surface area contributed by atoms with E-state index in [-0.39, 0.29) is 18.2 Å². The number of benzene rings is 1. The van der Waals surface area contributed by atoms with Crippen LogP contribution in [0.4, 0.5) is 4.39 Å². The lowest BCUT2D eigenvalue weighted by Gasteiger charge is -2.34. The molecule has 2 aromatic heterocycles. The molecule has 0 radical (unpaired) electrons. The van der Waals surface area contributed by atoms with E-state index >= 15 is 0 Å². The van der Waals surface area contributed by atoms with Gasteiger partial charge in [0.05, 0.1) is 11.1 Å². The van der Waals surface area contributed by atoms with Gasteiger partial charge in [0.25, 0.3) is 5.89 Å². The Balaban J connectivity index is 0.00000182. The summed E-state index contributed by atoms with van der Waals surface area (Å²) >= 11 is 0. The lowest BCUT2D eigenvalue weighted by atomic mass is 9.77. The summed E-state index contributed by atoms with van der Waals surface area (Å²) in [6.45, 7) is 3.98. The van der Waals surface area contributed by atoms with Crippen LogP contribution in [-0.2, 0) is 5.54 Å². The van der Waals surface area contributed by atoms with Crippen LogP contribution in [0, 0.1) is 19.7 Å². The fourth-order valence-corrected chi connectivity index (χ4v) is 3.28. The van der Waals surface area contributed by atoms with Gasteiger partial charge in [0, 0.05) is 17.1 Å². The highest BCUT2D eigenvalue weighted by atomic mass is 35.5. The van der Waals surface area contributed by atoms with Gasteiger partial charge in [0.1, 0.15) is 5.82 Å². The predicted molar refractivity (Wildman–Crippen MR) is 95.5 cm³/mol. The van der Waals surface area contributed by atoms with Crippen molar-refractivity contribution in [3.63, 3.8) is 0 Å². The first-order valence-electron chi connectivity index (χ1n) is 8.06. The lowest BCUT2D eigenvalue weighted by molar-refractivity contribution is 0.229. The van der Waals surface area contributed by atoms with Crippen molar-refractivity contribution in [2.45, 2.75) is 38.6 Å². The molecule has 0 atom stereocenters. The molecule has 1 aromatic carbocycles. The third-order valence-corrected chi connectivity index (χ3v) is 4.86. The molecule has 1 aliphatic rings. The number of aryl methyl sites for hydroxylation is 1. The van der Waals surface area contributed by atoms with Crippen LogP contribution in [0.25, 0.3) is 17.1 Å². The van der Waals surface area contributed by atoms with Crippen molar-refractivity contribution in [1.29, 1.82) is 0 Å². The van der Waals surface area contributed by atoms with Crippen LogP contribution in [0.15, 0.2) is 34.9 Å². The minimum atomic E-state index is -0.440. The first-order valence-corrected chi connectivity index (χ1v) is 8.06. The molecule has 4 rings (SSSR count). The molecule has 0 spiro atoms. The van der Waals surface area contributed by atoms with E-state index in [4.69, 9.17) is 10.3 Å². The molecule has 2 N–H and O–H groups in total. The van der Waals surface area contributed by atoms with Gasteiger partial charge < -0.3 is 14.8 Å². The summed E-state index contributed by atoms with van der Waals surface area (Å²) in [5, 5.41) is 4.08. The largest absolute Gasteiger partial charge is 0.334 e. The van der Waals surface area contributed by atoms with Gasteiger partial charge >= 0.3 is 0 Å². The van der Waals surface area contributed by atoms with Crippen LogP contribution >= 0.6 is 12.4 Å². The van der Waals surface area contributed by atoms with Crippen LogP contribution in [0.5, 0.6) is 0 Å². The van der Waals surface area contributed by atoms with Gasteiger partial charge in [-0.1, -0.05) is 5.16 Å². The second-order valence-electron chi connectivity index (χ2n) is 6.53. The highest BCUT2D eigenvalue weighted by Gasteiger charge is 2.39. The van der Waals surface area contributed by atoms with E-state index in [0.29, 0.717) is 11.7 Å². The molecule has 0 amide bonds. The van der Waals surface area contributed by atoms with Gasteiger partial charge in [-0.05, 0) is 63.4 Å². The molecule has 0 unspecified atom stereocenters. The summed E-state index contributed by atoms with van der Waals surface area (Å²) in [5.74, 6) is 0.801. The molecule has 0 bridgehead atoms. The van der Waals surface area contributed by atoms with Crippen molar-refractivity contribution >= 4 is 12.4 Å². The molecule has 1 aliphatic carbocycles. The fraction of sp³-hybridized carbons (Fsp3) is 0.333. The predicted octanol–water partition coefficient (Wildman–Crippen LogP) is 4.04. The molecule has 1 saturated carbocycles. The highest BCUT2D eigenvalue weighted by molar-refractivity contribution is 5.85. The number of nitrogens with zero attached hydrogens (tertiary/aromatic N) is 3. The molecule has 5 nitrogen and oxygen atoms in total. The average Bonchev–Trinajstić information content (AvgIpc) is 3.12. The van der Waals surface area contributed by atoms with E-state index in [1.54, 1.807) is 12.1 Å². The molecule has 2 heterocycles. The van der Waals surface area contributed by atoms with E-state index in [0.717, 1.165) is 41.9 Å². The summed E-state index contributed by atoms with van der Waals surface area (Å²) < 4.78 is 20.7. The smallest absolute Gasteiger partial charge is 0.259 e. The van der Waals surface area contributed by atoms with E-state index in [9.17, 15) is 4.39 Å². The molecular weight excluding hydrogens is 343 g/mol. The Morgan fingerprint density at radius 1 is 1.20 bits per heavy atom. The van der Waals surface area contributed by atoms with Crippen LogP contribution < -0.4 is 5.73 Å². The van der Waals surface area contributed by atoms with Gasteiger partial charge in [-0.15, -0.1) is 12.4 Å². The van der Waals surface area contributed by atoms with Crippen molar-refractivity contribution in [2.75, 3.05) is 0 Å². The zero-order valence-electron chi connectivity index (χ0n) is 14.1. The lowest BCUT2D eigenvalue weighted by Crippen LogP contribution is -2.44. The van der Waals surface area contributed by atoms with Crippen LogP contribution in [0.1, 0.15) is 36.5 Å². The Bertz CT molecular complexity index is 896. The molecule has 0 saturated heterocycles. The van der Waals surface area contributed by atoms with Crippen LogP contribution in [0.3, 0.4) is 0 Å². The standard InChI is InChI=1S/C18H19FN4O.ClH/c1-11-10-15(12(2)23(11)14-6-4-13(19)5-7-14)16-21-17(22-24-16)18(20)8-3-9-18;/h4-7,10H,3,8-9,20H2,1-2H3;1H. The summed E-state index contributed by atoms with van der Waals surface area (Å²) in [7, 11) is 0. The Labute approximate surface area is 151 Å². The van der Waals surface area contributed by atoms with Crippen molar-refractivity contribution in [1.82, 2.24) is 14.7 Å². The van der Waals surface area contributed by atoms with E-state index in [1.165, 1.54) is 12.1 Å². The van der Waals surface area contributed by atoms with Gasteiger partial charge in [-0.2, -0.15) is 4.98 Å². The van der Waals surface area contributed by atoms with Gasteiger partial charge in [-0.3, -0.25) is 0 Å². The summed E-state index contributed by atoms with van der Waals surface area (Å²) in [6.07, 6.45) is 2.88. The van der Waals surface area contributed by atoms with Gasteiger partial charge in [-0.25, -0.2) is 4.39 Å². The summed E-state index contributed by atoms with van der Waals surface area (Å²) in [6, 6.07) is 8.41. The maximum absolute atomic E-state index is 13.2. The van der Waals surface area contributed by atoms with Crippen molar-refractivity contribution in [3.8, 4) is 17.1 Å². The monoisotopic (exact) mass is 362 g/mol. The minimum absolute atomic E-state index is 0. The number of aromatic nitrogens is 3. The number of hydrogen-bond acceptors (Lipinski definition) is 4. The fourth-order valence-electron chi connectivity index (χ4n) is 3.28. The maximum Gasteiger partial charge on any atom is 0.259 e. The number of halogens is 2. The Kier molecular flexibility index (Phi) is 4.43. The van der Waals surface area contributed by atoms with Gasteiger partial charge in [0.2, 0.25) is 0 Å². The van der Waals surface area contributed by atoms with Crippen LogP contribution in [0.2, 0.25) is 0 Å². The van der Waals surface area contributed by atoms with E-state index in [1.807, 2.05) is 24.5 Å². The zero-order valence-corrected chi connectivity index (χ0v) is 14.9. The maximum atomic E-state index is 13.2. The third kappa shape index (κ3) is 2.85. The normalized spacial score (nSPS) is 15.5. The van der Waals surface area contributed by atoms with E-state index < -0.39 is 5.54 Å². The first-order chi connectivity index (χ1) is 11.5. The third-order valence-electron chi connectivity index (χ3n) is 4.86. The number of nitrogens with two attached hydrogens (primary N) is 1. The minimum Gasteiger partial charge on any atom is -0.334 e. The Hall–Kier alpha value is -2.18. The molecule has 25 heavy (non-hydrogen) atoms. The zero-order chi connectivity index (χ0) is 16.9. The molecule has 0 aliphatic heterocycles. The average molecular weight is 363 g/mol. The Morgan fingerprint density at radius 2 is 1.88 bits per heavy atom. The first kappa shape index (κ1) is 17.6. The summed E-state index contributed by atoms with van der Waals surface area (Å²) in [4.78, 5) is 4.52. The van der Waals surface area contributed by atoms with Crippen molar-refractivity contribution in [3.05, 3.63) is 53.4 Å². The summed E-state index contributed by atoms with van der Waals surface area (Å²) in [5.41, 5.74) is 9.58. The second kappa shape index (κ2) is 6.28. The molecule has 7 heteroatoms. The quantitative estimate of drug-likeness (QED) is 0.763. The second-order valence-corrected chi connectivity index (χ2v) is 6.53.